The molecule has 0 aromatic heterocycles. The Bertz CT molecular complexity index is 789. The highest BCUT2D eigenvalue weighted by Gasteiger charge is 2.27. The normalized spacial score (nSPS) is 23.3. The van der Waals surface area contributed by atoms with Gasteiger partial charge in [-0.3, -0.25) is 0 Å². The minimum Gasteiger partial charge on any atom is -0.490 e. The van der Waals surface area contributed by atoms with E-state index in [-0.39, 0.29) is 5.75 Å². The summed E-state index contributed by atoms with van der Waals surface area (Å²) in [5, 5.41) is 0. The number of allylic oxidation sites excluding steroid dienone is 4. The van der Waals surface area contributed by atoms with Crippen LogP contribution in [-0.4, -0.2) is 6.61 Å². The Hall–Kier alpha value is -1.64. The Morgan fingerprint density at radius 3 is 2.38 bits per heavy atom. The third-order valence-electron chi connectivity index (χ3n) is 8.00. The van der Waals surface area contributed by atoms with Crippen molar-refractivity contribution in [1.29, 1.82) is 0 Å². The molecule has 0 aliphatic heterocycles. The molecule has 3 rings (SSSR count). The first-order valence-electron chi connectivity index (χ1n) is 14.1. The largest absolute Gasteiger partial charge is 0.490 e. The van der Waals surface area contributed by atoms with Crippen molar-refractivity contribution in [1.82, 2.24) is 0 Å². The van der Waals surface area contributed by atoms with Crippen LogP contribution in [0.15, 0.2) is 35.9 Å². The third-order valence-corrected chi connectivity index (χ3v) is 8.00. The van der Waals surface area contributed by atoms with E-state index in [0.717, 1.165) is 31.1 Å². The first-order chi connectivity index (χ1) is 16.6. The van der Waals surface area contributed by atoms with Gasteiger partial charge < -0.3 is 4.74 Å². The maximum Gasteiger partial charge on any atom is 0.200 e. The molecule has 0 bridgehead atoms. The fourth-order valence-electron chi connectivity index (χ4n) is 5.71. The van der Waals surface area contributed by atoms with Gasteiger partial charge in [-0.15, -0.1) is 0 Å². The Balaban J connectivity index is 1.36. The molecule has 0 saturated heterocycles. The monoisotopic (exact) mass is 472 g/mol. The highest BCUT2D eigenvalue weighted by Crippen LogP contribution is 2.40. The molecule has 0 radical (unpaired) electrons. The Kier molecular flexibility index (Phi) is 11.6. The number of hydrogen-bond donors (Lipinski definition) is 0. The van der Waals surface area contributed by atoms with E-state index >= 15 is 0 Å². The number of rotatable bonds is 13. The van der Waals surface area contributed by atoms with E-state index in [4.69, 9.17) is 4.74 Å². The molecule has 0 spiro atoms. The highest BCUT2D eigenvalue weighted by atomic mass is 19.2. The quantitative estimate of drug-likeness (QED) is 0.205. The maximum absolute atomic E-state index is 14.4. The van der Waals surface area contributed by atoms with Gasteiger partial charge in [0.05, 0.1) is 6.61 Å². The van der Waals surface area contributed by atoms with Crippen molar-refractivity contribution in [2.24, 2.45) is 17.8 Å². The van der Waals surface area contributed by atoms with Crippen LogP contribution in [0.2, 0.25) is 0 Å². The van der Waals surface area contributed by atoms with Gasteiger partial charge in [0, 0.05) is 0 Å². The summed E-state index contributed by atoms with van der Waals surface area (Å²) in [6, 6.07) is 3.25. The van der Waals surface area contributed by atoms with E-state index < -0.39 is 11.6 Å². The van der Waals surface area contributed by atoms with Crippen molar-refractivity contribution < 1.29 is 13.5 Å². The molecule has 2 aliphatic carbocycles. The molecule has 190 valence electrons. The van der Waals surface area contributed by atoms with E-state index in [9.17, 15) is 8.78 Å². The highest BCUT2D eigenvalue weighted by molar-refractivity contribution is 5.31. The van der Waals surface area contributed by atoms with Gasteiger partial charge in [-0.25, -0.2) is 4.39 Å². The Labute approximate surface area is 207 Å². The lowest BCUT2D eigenvalue weighted by molar-refractivity contribution is 0.209. The number of benzene rings is 1. The van der Waals surface area contributed by atoms with E-state index in [1.165, 1.54) is 70.6 Å². The average Bonchev–Trinajstić information content (AvgIpc) is 2.86. The first-order valence-corrected chi connectivity index (χ1v) is 14.1. The second kappa shape index (κ2) is 14.7. The van der Waals surface area contributed by atoms with Crippen molar-refractivity contribution in [3.8, 4) is 5.75 Å². The molecule has 1 atom stereocenters. The van der Waals surface area contributed by atoms with Crippen LogP contribution in [0.3, 0.4) is 0 Å². The second-order valence-electron chi connectivity index (χ2n) is 10.5. The lowest BCUT2D eigenvalue weighted by Crippen LogP contribution is -2.22. The van der Waals surface area contributed by atoms with Crippen LogP contribution < -0.4 is 4.74 Å². The maximum atomic E-state index is 14.4. The lowest BCUT2D eigenvalue weighted by Gasteiger charge is -2.35. The Morgan fingerprint density at radius 1 is 0.882 bits per heavy atom. The predicted octanol–water partition coefficient (Wildman–Crippen LogP) is 9.75. The van der Waals surface area contributed by atoms with Crippen molar-refractivity contribution in [3.05, 3.63) is 53.1 Å². The molecule has 1 nitrogen and oxygen atoms in total. The SMILES string of the molecule is CCCCCC1=CCC(C2CCC(C=CCCc3ccc(OCCCC)c(F)c3F)CC2)CC1. The zero-order valence-corrected chi connectivity index (χ0v) is 21.6. The third kappa shape index (κ3) is 8.24. The lowest BCUT2D eigenvalue weighted by atomic mass is 9.71. The van der Waals surface area contributed by atoms with Crippen LogP contribution in [0.25, 0.3) is 0 Å². The predicted molar refractivity (Wildman–Crippen MR) is 139 cm³/mol. The molecule has 2 aliphatic rings. The van der Waals surface area contributed by atoms with Gasteiger partial charge in [-0.2, -0.15) is 4.39 Å². The fraction of sp³-hybridized carbons (Fsp3) is 0.677. The van der Waals surface area contributed by atoms with Crippen molar-refractivity contribution in [2.75, 3.05) is 6.61 Å². The van der Waals surface area contributed by atoms with E-state index in [2.05, 4.69) is 25.2 Å². The van der Waals surface area contributed by atoms with Gasteiger partial charge in [0.1, 0.15) is 0 Å². The van der Waals surface area contributed by atoms with Gasteiger partial charge in [0.2, 0.25) is 5.82 Å². The van der Waals surface area contributed by atoms with Gasteiger partial charge in [0.25, 0.3) is 0 Å². The molecule has 0 amide bonds. The van der Waals surface area contributed by atoms with Crippen molar-refractivity contribution in [2.45, 2.75) is 110 Å². The zero-order chi connectivity index (χ0) is 24.2. The standard InChI is InChI=1S/C31H46F2O/c1-3-5-7-10-24-13-17-26(18-14-24)27-19-15-25(16-20-27)11-8-9-12-28-21-22-29(31(33)30(28)32)34-23-6-4-2/h8,11,13,21-22,25-27H,3-7,9-10,12,14-20,23H2,1-2H3. The first kappa shape index (κ1) is 27.0. The fourth-order valence-corrected chi connectivity index (χ4v) is 5.71. The molecule has 1 aromatic carbocycles. The second-order valence-corrected chi connectivity index (χ2v) is 10.5. The summed E-state index contributed by atoms with van der Waals surface area (Å²) in [7, 11) is 0. The van der Waals surface area contributed by atoms with Gasteiger partial charge in [0.15, 0.2) is 11.6 Å². The summed E-state index contributed by atoms with van der Waals surface area (Å²) in [5.74, 6) is 0.874. The van der Waals surface area contributed by atoms with Gasteiger partial charge in [-0.1, -0.05) is 63.0 Å². The molecular formula is C31H46F2O. The van der Waals surface area contributed by atoms with Crippen LogP contribution in [0.5, 0.6) is 5.75 Å². The summed E-state index contributed by atoms with van der Waals surface area (Å²) >= 11 is 0. The molecule has 0 N–H and O–H groups in total. The van der Waals surface area contributed by atoms with E-state index in [1.807, 2.05) is 6.92 Å². The summed E-state index contributed by atoms with van der Waals surface area (Å²) < 4.78 is 34.0. The molecule has 1 fully saturated rings. The molecular weight excluding hydrogens is 426 g/mol. The van der Waals surface area contributed by atoms with Crippen LogP contribution in [0, 0.1) is 29.4 Å². The van der Waals surface area contributed by atoms with Crippen molar-refractivity contribution in [3.63, 3.8) is 0 Å². The number of ether oxygens (including phenoxy) is 1. The molecule has 0 heterocycles. The average molecular weight is 473 g/mol. The number of hydrogen-bond acceptors (Lipinski definition) is 1. The minimum atomic E-state index is -0.846. The summed E-state index contributed by atoms with van der Waals surface area (Å²) in [6.45, 7) is 4.75. The molecule has 1 saturated carbocycles. The molecule has 1 unspecified atom stereocenters. The molecule has 34 heavy (non-hydrogen) atoms. The number of halogens is 2. The Morgan fingerprint density at radius 2 is 1.68 bits per heavy atom. The number of unbranched alkanes of at least 4 members (excludes halogenated alkanes) is 3. The summed E-state index contributed by atoms with van der Waals surface area (Å²) in [4.78, 5) is 0. The van der Waals surface area contributed by atoms with E-state index in [0.29, 0.717) is 24.5 Å². The van der Waals surface area contributed by atoms with Crippen LogP contribution in [0.4, 0.5) is 8.78 Å². The molecule has 3 heteroatoms. The van der Waals surface area contributed by atoms with Crippen molar-refractivity contribution >= 4 is 0 Å². The minimum absolute atomic E-state index is 0.0307. The van der Waals surface area contributed by atoms with E-state index in [1.54, 1.807) is 17.7 Å². The summed E-state index contributed by atoms with van der Waals surface area (Å²) in [5.41, 5.74) is 2.16. The van der Waals surface area contributed by atoms with Gasteiger partial charge >= 0.3 is 0 Å². The van der Waals surface area contributed by atoms with Crippen LogP contribution >= 0.6 is 0 Å². The van der Waals surface area contributed by atoms with Gasteiger partial charge in [-0.05, 0) is 106 Å². The zero-order valence-electron chi connectivity index (χ0n) is 21.6. The molecule has 1 aromatic rings. The van der Waals surface area contributed by atoms with Crippen LogP contribution in [-0.2, 0) is 6.42 Å². The smallest absolute Gasteiger partial charge is 0.200 e. The van der Waals surface area contributed by atoms with Crippen LogP contribution in [0.1, 0.15) is 109 Å². The summed E-state index contributed by atoms with van der Waals surface area (Å²) in [6.07, 6.45) is 24.8. The number of aryl methyl sites for hydroxylation is 1. The topological polar surface area (TPSA) is 9.23 Å².